The van der Waals surface area contributed by atoms with E-state index in [9.17, 15) is 9.90 Å². The Labute approximate surface area is 179 Å². The Bertz CT molecular complexity index is 1100. The molecule has 0 radical (unpaired) electrons. The molecule has 0 spiro atoms. The van der Waals surface area contributed by atoms with E-state index in [0.717, 1.165) is 12.8 Å². The van der Waals surface area contributed by atoms with Crippen LogP contribution in [0.2, 0.25) is 5.02 Å². The monoisotopic (exact) mass is 428 g/mol. The van der Waals surface area contributed by atoms with Crippen LogP contribution < -0.4 is 10.6 Å². The molecular formula is C21H25ClN6O2. The minimum atomic E-state index is -0.836. The highest BCUT2D eigenvalue weighted by molar-refractivity contribution is 6.30. The van der Waals surface area contributed by atoms with E-state index in [1.165, 1.54) is 0 Å². The van der Waals surface area contributed by atoms with Crippen molar-refractivity contribution in [1.29, 1.82) is 0 Å². The second-order valence-corrected chi connectivity index (χ2v) is 9.14. The maximum atomic E-state index is 12.8. The van der Waals surface area contributed by atoms with E-state index in [0.29, 0.717) is 46.3 Å². The largest absolute Gasteiger partial charge is 0.390 e. The van der Waals surface area contributed by atoms with Crippen molar-refractivity contribution in [2.45, 2.75) is 51.2 Å². The summed E-state index contributed by atoms with van der Waals surface area (Å²) < 4.78 is 1.67. The summed E-state index contributed by atoms with van der Waals surface area (Å²) in [7, 11) is 0. The molecule has 8 nitrogen and oxygen atoms in total. The minimum absolute atomic E-state index is 0.0218. The van der Waals surface area contributed by atoms with Crippen molar-refractivity contribution < 1.29 is 9.90 Å². The van der Waals surface area contributed by atoms with E-state index >= 15 is 0 Å². The van der Waals surface area contributed by atoms with Crippen molar-refractivity contribution in [3.8, 4) is 11.4 Å². The van der Waals surface area contributed by atoms with Crippen LogP contribution in [0, 0.1) is 0 Å². The van der Waals surface area contributed by atoms with Gasteiger partial charge in [0.1, 0.15) is 5.69 Å². The number of anilines is 1. The second kappa shape index (κ2) is 7.52. The number of imidazole rings is 1. The maximum Gasteiger partial charge on any atom is 0.254 e. The molecule has 0 aromatic carbocycles. The fraction of sp³-hybridized carbons (Fsp3) is 0.429. The van der Waals surface area contributed by atoms with Crippen LogP contribution in [0.1, 0.15) is 50.4 Å². The van der Waals surface area contributed by atoms with E-state index in [1.807, 2.05) is 6.07 Å². The van der Waals surface area contributed by atoms with Gasteiger partial charge in [-0.25, -0.2) is 9.50 Å². The van der Waals surface area contributed by atoms with Gasteiger partial charge < -0.3 is 15.7 Å². The van der Waals surface area contributed by atoms with Crippen LogP contribution in [0.4, 0.5) is 5.69 Å². The first kappa shape index (κ1) is 20.6. The average molecular weight is 429 g/mol. The molecule has 3 heterocycles. The van der Waals surface area contributed by atoms with Crippen LogP contribution in [-0.2, 0) is 0 Å². The molecule has 30 heavy (non-hydrogen) atoms. The predicted molar refractivity (Wildman–Crippen MR) is 116 cm³/mol. The number of amides is 1. The number of rotatable bonds is 7. The number of carbonyl (C=O) groups excluding carboxylic acids is 1. The van der Waals surface area contributed by atoms with Gasteiger partial charge in [0, 0.05) is 24.3 Å². The van der Waals surface area contributed by atoms with Crippen molar-refractivity contribution >= 4 is 28.8 Å². The number of pyridine rings is 1. The number of nitrogens with zero attached hydrogens (tertiary/aromatic N) is 4. The fourth-order valence-corrected chi connectivity index (χ4v) is 3.26. The van der Waals surface area contributed by atoms with Gasteiger partial charge in [-0.15, -0.1) is 0 Å². The van der Waals surface area contributed by atoms with Crippen molar-refractivity contribution in [2.24, 2.45) is 0 Å². The molecule has 0 bridgehead atoms. The molecule has 1 aliphatic carbocycles. The lowest BCUT2D eigenvalue weighted by molar-refractivity contribution is 0.0693. The fourth-order valence-electron chi connectivity index (χ4n) is 3.12. The third-order valence-electron chi connectivity index (χ3n) is 5.20. The average Bonchev–Trinajstić information content (AvgIpc) is 3.23. The van der Waals surface area contributed by atoms with Gasteiger partial charge in [0.15, 0.2) is 5.65 Å². The molecule has 9 heteroatoms. The van der Waals surface area contributed by atoms with Gasteiger partial charge in [0.2, 0.25) is 0 Å². The number of hydrogen-bond acceptors (Lipinski definition) is 6. The van der Waals surface area contributed by atoms with Crippen molar-refractivity contribution in [3.05, 3.63) is 41.3 Å². The number of carbonyl (C=O) groups is 1. The Balaban J connectivity index is 1.65. The Hall–Kier alpha value is -2.71. The summed E-state index contributed by atoms with van der Waals surface area (Å²) in [5.74, 6) is -0.229. The molecule has 3 N–H and O–H groups in total. The maximum absolute atomic E-state index is 12.8. The summed E-state index contributed by atoms with van der Waals surface area (Å²) in [6.45, 7) is 5.93. The van der Waals surface area contributed by atoms with Crippen LogP contribution >= 0.6 is 11.6 Å². The molecular weight excluding hydrogens is 404 g/mol. The van der Waals surface area contributed by atoms with Crippen LogP contribution in [0.5, 0.6) is 0 Å². The number of aromatic nitrogens is 4. The SMILES string of the molecule is CC(C)(O)CCNC(=O)c1cnc(-c2cnc3cc(Cl)cnn23)cc1NC1(C)CC1. The van der Waals surface area contributed by atoms with Crippen LogP contribution in [-0.4, -0.2) is 48.3 Å². The molecule has 0 unspecified atom stereocenters. The first-order valence-electron chi connectivity index (χ1n) is 9.92. The molecule has 1 saturated carbocycles. The van der Waals surface area contributed by atoms with Crippen LogP contribution in [0.25, 0.3) is 17.0 Å². The second-order valence-electron chi connectivity index (χ2n) is 8.71. The number of nitrogens with one attached hydrogen (secondary N) is 2. The van der Waals surface area contributed by atoms with E-state index < -0.39 is 5.60 Å². The number of halogens is 1. The lowest BCUT2D eigenvalue weighted by Gasteiger charge is -2.19. The minimum Gasteiger partial charge on any atom is -0.390 e. The quantitative estimate of drug-likeness (QED) is 0.533. The van der Waals surface area contributed by atoms with E-state index in [-0.39, 0.29) is 11.4 Å². The van der Waals surface area contributed by atoms with Crippen LogP contribution in [0.3, 0.4) is 0 Å². The first-order chi connectivity index (χ1) is 14.1. The van der Waals surface area contributed by atoms with Gasteiger partial charge in [0.05, 0.1) is 40.0 Å². The van der Waals surface area contributed by atoms with E-state index in [4.69, 9.17) is 11.6 Å². The molecule has 1 amide bonds. The van der Waals surface area contributed by atoms with Crippen molar-refractivity contribution in [1.82, 2.24) is 24.9 Å². The smallest absolute Gasteiger partial charge is 0.254 e. The first-order valence-corrected chi connectivity index (χ1v) is 10.3. The molecule has 4 rings (SSSR count). The molecule has 158 valence electrons. The zero-order chi connectivity index (χ0) is 21.5. The molecule has 1 fully saturated rings. The van der Waals surface area contributed by atoms with Crippen LogP contribution in [0.15, 0.2) is 30.7 Å². The molecule has 0 aliphatic heterocycles. The summed E-state index contributed by atoms with van der Waals surface area (Å²) in [5.41, 5.74) is 2.30. The summed E-state index contributed by atoms with van der Waals surface area (Å²) in [4.78, 5) is 21.6. The molecule has 3 aromatic heterocycles. The lowest BCUT2D eigenvalue weighted by atomic mass is 10.1. The van der Waals surface area contributed by atoms with E-state index in [1.54, 1.807) is 43.0 Å². The normalized spacial score (nSPS) is 15.2. The van der Waals surface area contributed by atoms with Gasteiger partial charge in [-0.1, -0.05) is 11.6 Å². The predicted octanol–water partition coefficient (Wildman–Crippen LogP) is 3.30. The Morgan fingerprint density at radius 1 is 1.27 bits per heavy atom. The Morgan fingerprint density at radius 2 is 2.03 bits per heavy atom. The molecule has 0 atom stereocenters. The zero-order valence-electron chi connectivity index (χ0n) is 17.2. The van der Waals surface area contributed by atoms with E-state index in [2.05, 4.69) is 32.6 Å². The highest BCUT2D eigenvalue weighted by Crippen LogP contribution is 2.39. The molecule has 3 aromatic rings. The number of fused-ring (bicyclic) bond motifs is 1. The Kier molecular flexibility index (Phi) is 5.15. The summed E-state index contributed by atoms with van der Waals surface area (Å²) in [6.07, 6.45) is 7.35. The molecule has 0 saturated heterocycles. The van der Waals surface area contributed by atoms with Gasteiger partial charge in [0.25, 0.3) is 5.91 Å². The van der Waals surface area contributed by atoms with Gasteiger partial charge in [-0.2, -0.15) is 5.10 Å². The summed E-state index contributed by atoms with van der Waals surface area (Å²) in [6, 6.07) is 3.58. The summed E-state index contributed by atoms with van der Waals surface area (Å²) in [5, 5.41) is 21.0. The molecule has 1 aliphatic rings. The van der Waals surface area contributed by atoms with Crippen molar-refractivity contribution in [2.75, 3.05) is 11.9 Å². The topological polar surface area (TPSA) is 104 Å². The standard InChI is InChI=1S/C21H25ClN6O2/c1-20(2,30)6-7-23-19(29)14-11-24-16(9-15(14)27-21(3)4-5-21)17-12-25-18-8-13(22)10-26-28(17)18/h8-12,30H,4-7H2,1-3H3,(H,23,29)(H,24,27). The summed E-state index contributed by atoms with van der Waals surface area (Å²) >= 11 is 6.00. The highest BCUT2D eigenvalue weighted by atomic mass is 35.5. The highest BCUT2D eigenvalue weighted by Gasteiger charge is 2.38. The zero-order valence-corrected chi connectivity index (χ0v) is 18.0. The third-order valence-corrected chi connectivity index (χ3v) is 5.40. The third kappa shape index (κ3) is 4.55. The number of hydrogen-bond donors (Lipinski definition) is 3. The van der Waals surface area contributed by atoms with Gasteiger partial charge in [-0.3, -0.25) is 9.78 Å². The van der Waals surface area contributed by atoms with Gasteiger partial charge >= 0.3 is 0 Å². The lowest BCUT2D eigenvalue weighted by Crippen LogP contribution is -2.31. The number of aliphatic hydroxyl groups is 1. The Morgan fingerprint density at radius 3 is 2.73 bits per heavy atom. The van der Waals surface area contributed by atoms with Gasteiger partial charge in [-0.05, 0) is 46.1 Å². The van der Waals surface area contributed by atoms with Crippen molar-refractivity contribution in [3.63, 3.8) is 0 Å².